The van der Waals surface area contributed by atoms with Gasteiger partial charge in [0.25, 0.3) is 5.91 Å². The van der Waals surface area contributed by atoms with E-state index in [2.05, 4.69) is 5.32 Å². The molecule has 6 nitrogen and oxygen atoms in total. The number of amides is 2. The van der Waals surface area contributed by atoms with E-state index in [0.717, 1.165) is 0 Å². The van der Waals surface area contributed by atoms with Crippen molar-refractivity contribution in [1.82, 2.24) is 15.1 Å². The molecule has 1 aromatic carbocycles. The van der Waals surface area contributed by atoms with Crippen LogP contribution < -0.4 is 5.32 Å². The number of carbonyl (C=O) groups excluding carboxylic acids is 2. The average Bonchev–Trinajstić information content (AvgIpc) is 2.88. The number of rotatable bonds is 2. The van der Waals surface area contributed by atoms with Crippen LogP contribution in [0.5, 0.6) is 0 Å². The van der Waals surface area contributed by atoms with Crippen LogP contribution in [0.3, 0.4) is 0 Å². The molecular formula is C17H22FN3O3. The number of hydrogen-bond acceptors (Lipinski definition) is 4. The topological polar surface area (TPSA) is 61.9 Å². The molecule has 2 fully saturated rings. The summed E-state index contributed by atoms with van der Waals surface area (Å²) in [4.78, 5) is 28.4. The molecule has 130 valence electrons. The maximum Gasteiger partial charge on any atom is 0.256 e. The van der Waals surface area contributed by atoms with Gasteiger partial charge < -0.3 is 19.9 Å². The van der Waals surface area contributed by atoms with E-state index in [1.165, 1.54) is 12.1 Å². The second kappa shape index (κ2) is 7.72. The Labute approximate surface area is 140 Å². The highest BCUT2D eigenvalue weighted by Crippen LogP contribution is 2.13. The molecule has 2 amide bonds. The van der Waals surface area contributed by atoms with Crippen LogP contribution in [0.1, 0.15) is 16.8 Å². The first-order chi connectivity index (χ1) is 11.7. The summed E-state index contributed by atoms with van der Waals surface area (Å²) in [7, 11) is 0. The molecule has 2 aliphatic rings. The Morgan fingerprint density at radius 2 is 1.88 bits per heavy atom. The van der Waals surface area contributed by atoms with Gasteiger partial charge in [0.2, 0.25) is 5.91 Å². The first kappa shape index (κ1) is 16.9. The zero-order chi connectivity index (χ0) is 16.9. The van der Waals surface area contributed by atoms with Crippen LogP contribution in [0.4, 0.5) is 4.39 Å². The SMILES string of the molecule is O=C(c1ccccc1F)N1CCCN(C(=O)C2COCCN2)CC1. The molecule has 0 aliphatic carbocycles. The van der Waals surface area contributed by atoms with E-state index in [1.807, 2.05) is 0 Å². The van der Waals surface area contributed by atoms with Crippen LogP contribution in [0.25, 0.3) is 0 Å². The minimum absolute atomic E-state index is 0.00916. The second-order valence-corrected chi connectivity index (χ2v) is 6.03. The molecule has 1 aromatic rings. The van der Waals surface area contributed by atoms with Crippen molar-refractivity contribution in [3.05, 3.63) is 35.6 Å². The van der Waals surface area contributed by atoms with Crippen molar-refractivity contribution in [3.63, 3.8) is 0 Å². The summed E-state index contributed by atoms with van der Waals surface area (Å²) >= 11 is 0. The number of morpholine rings is 1. The summed E-state index contributed by atoms with van der Waals surface area (Å²) in [6.45, 7) is 3.65. The molecule has 0 radical (unpaired) electrons. The molecule has 2 saturated heterocycles. The van der Waals surface area contributed by atoms with E-state index >= 15 is 0 Å². The Kier molecular flexibility index (Phi) is 5.42. The van der Waals surface area contributed by atoms with Gasteiger partial charge in [-0.25, -0.2) is 4.39 Å². The normalized spacial score (nSPS) is 22.1. The predicted octanol–water partition coefficient (Wildman–Crippen LogP) is 0.489. The van der Waals surface area contributed by atoms with Crippen molar-refractivity contribution in [2.45, 2.75) is 12.5 Å². The maximum absolute atomic E-state index is 13.8. The minimum atomic E-state index is -0.511. The van der Waals surface area contributed by atoms with E-state index in [-0.39, 0.29) is 23.4 Å². The zero-order valence-electron chi connectivity index (χ0n) is 13.5. The molecule has 1 atom stereocenters. The predicted molar refractivity (Wildman–Crippen MR) is 86.1 cm³/mol. The lowest BCUT2D eigenvalue weighted by molar-refractivity contribution is -0.136. The van der Waals surface area contributed by atoms with Crippen LogP contribution in [0.15, 0.2) is 24.3 Å². The van der Waals surface area contributed by atoms with E-state index in [9.17, 15) is 14.0 Å². The van der Waals surface area contributed by atoms with Crippen LogP contribution in [0, 0.1) is 5.82 Å². The van der Waals surface area contributed by atoms with Gasteiger partial charge >= 0.3 is 0 Å². The summed E-state index contributed by atoms with van der Waals surface area (Å²) < 4.78 is 19.1. The zero-order valence-corrected chi connectivity index (χ0v) is 13.5. The minimum Gasteiger partial charge on any atom is -0.378 e. The molecule has 1 N–H and O–H groups in total. The quantitative estimate of drug-likeness (QED) is 0.854. The van der Waals surface area contributed by atoms with Crippen molar-refractivity contribution in [3.8, 4) is 0 Å². The number of nitrogens with zero attached hydrogens (tertiary/aromatic N) is 2. The van der Waals surface area contributed by atoms with E-state index < -0.39 is 5.82 Å². The molecule has 3 rings (SSSR count). The molecule has 2 heterocycles. The summed E-state index contributed by atoms with van der Waals surface area (Å²) in [5.41, 5.74) is 0.0830. The van der Waals surface area contributed by atoms with Crippen molar-refractivity contribution in [1.29, 1.82) is 0 Å². The molecule has 7 heteroatoms. The van der Waals surface area contributed by atoms with Gasteiger partial charge in [0.1, 0.15) is 11.9 Å². The third kappa shape index (κ3) is 3.73. The Morgan fingerprint density at radius 3 is 2.62 bits per heavy atom. The number of benzene rings is 1. The Morgan fingerprint density at radius 1 is 1.12 bits per heavy atom. The van der Waals surface area contributed by atoms with Gasteiger partial charge in [0, 0.05) is 32.7 Å². The number of ether oxygens (including phenoxy) is 1. The van der Waals surface area contributed by atoms with Crippen molar-refractivity contribution in [2.75, 3.05) is 45.9 Å². The number of hydrogen-bond donors (Lipinski definition) is 1. The van der Waals surface area contributed by atoms with Gasteiger partial charge in [0.15, 0.2) is 0 Å². The second-order valence-electron chi connectivity index (χ2n) is 6.03. The first-order valence-corrected chi connectivity index (χ1v) is 8.30. The molecule has 0 saturated carbocycles. The standard InChI is InChI=1S/C17H22FN3O3/c18-14-5-2-1-4-13(14)16(22)20-7-3-8-21(10-9-20)17(23)15-12-24-11-6-19-15/h1-2,4-5,15,19H,3,6-12H2. The lowest BCUT2D eigenvalue weighted by Gasteiger charge is -2.29. The molecular weight excluding hydrogens is 313 g/mol. The molecule has 0 spiro atoms. The van der Waals surface area contributed by atoms with Crippen molar-refractivity contribution < 1.29 is 18.7 Å². The number of halogens is 1. The maximum atomic E-state index is 13.8. The van der Waals surface area contributed by atoms with Gasteiger partial charge in [0.05, 0.1) is 18.8 Å². The van der Waals surface area contributed by atoms with Gasteiger partial charge in [-0.15, -0.1) is 0 Å². The fourth-order valence-electron chi connectivity index (χ4n) is 3.09. The molecule has 24 heavy (non-hydrogen) atoms. The Hall–Kier alpha value is -1.99. The lowest BCUT2D eigenvalue weighted by Crippen LogP contribution is -2.53. The fraction of sp³-hybridized carbons (Fsp3) is 0.529. The number of nitrogens with one attached hydrogen (secondary N) is 1. The monoisotopic (exact) mass is 335 g/mol. The van der Waals surface area contributed by atoms with E-state index in [0.29, 0.717) is 52.4 Å². The fourth-order valence-corrected chi connectivity index (χ4v) is 3.09. The third-order valence-electron chi connectivity index (χ3n) is 4.42. The van der Waals surface area contributed by atoms with Gasteiger partial charge in [-0.1, -0.05) is 12.1 Å². The van der Waals surface area contributed by atoms with Gasteiger partial charge in [-0.3, -0.25) is 9.59 Å². The van der Waals surface area contributed by atoms with Crippen LogP contribution in [-0.2, 0) is 9.53 Å². The summed E-state index contributed by atoms with van der Waals surface area (Å²) in [6, 6.07) is 5.68. The lowest BCUT2D eigenvalue weighted by atomic mass is 10.2. The molecule has 0 aromatic heterocycles. The first-order valence-electron chi connectivity index (χ1n) is 8.30. The van der Waals surface area contributed by atoms with E-state index in [1.54, 1.807) is 21.9 Å². The van der Waals surface area contributed by atoms with Crippen LogP contribution in [0.2, 0.25) is 0 Å². The smallest absolute Gasteiger partial charge is 0.256 e. The highest BCUT2D eigenvalue weighted by Gasteiger charge is 2.29. The highest BCUT2D eigenvalue weighted by atomic mass is 19.1. The van der Waals surface area contributed by atoms with Gasteiger partial charge in [-0.2, -0.15) is 0 Å². The molecule has 1 unspecified atom stereocenters. The molecule has 0 bridgehead atoms. The average molecular weight is 335 g/mol. The van der Waals surface area contributed by atoms with Crippen LogP contribution in [-0.4, -0.2) is 73.6 Å². The van der Waals surface area contributed by atoms with E-state index in [4.69, 9.17) is 4.74 Å². The summed E-state index contributed by atoms with van der Waals surface area (Å²) in [5, 5.41) is 3.16. The van der Waals surface area contributed by atoms with Crippen molar-refractivity contribution >= 4 is 11.8 Å². The third-order valence-corrected chi connectivity index (χ3v) is 4.42. The summed E-state index contributed by atoms with van der Waals surface area (Å²) in [5.74, 6) is -0.820. The Bertz CT molecular complexity index is 604. The number of carbonyl (C=O) groups is 2. The van der Waals surface area contributed by atoms with Crippen LogP contribution >= 0.6 is 0 Å². The van der Waals surface area contributed by atoms with Crippen molar-refractivity contribution in [2.24, 2.45) is 0 Å². The molecule has 2 aliphatic heterocycles. The largest absolute Gasteiger partial charge is 0.378 e. The van der Waals surface area contributed by atoms with Gasteiger partial charge in [-0.05, 0) is 18.6 Å². The Balaban J connectivity index is 1.61. The highest BCUT2D eigenvalue weighted by molar-refractivity contribution is 5.94. The summed E-state index contributed by atoms with van der Waals surface area (Å²) in [6.07, 6.45) is 0.680.